The number of benzene rings is 1. The maximum atomic E-state index is 14.5. The SMILES string of the molecule is CC[C@H](C)[C@@H]([C@H](CC(=O)N1CCC[C@H]1[C@H](OC)[C@@H](C)C(=O)N[C@@H](Cc1ccccc1)c1nccs1)OC)N(C)C(=O)[C@@H](NC(=O)[C@H](C(C)C)N(C)CCCCNC)C(C)C. The molecule has 1 saturated heterocycles. The Labute approximate surface area is 365 Å². The molecule has 3 N–H and O–H groups in total. The Balaban J connectivity index is 1.77. The standard InChI is InChI=1S/C46H77N7O6S/c1-13-32(6)41(52(10)46(57)39(30(2)3)50-44(56)40(31(4)5)51(9)25-18-17-23-47-8)37(58-11)29-38(54)53-26-19-22-36(53)42(59-12)33(7)43(55)49-35(45-48-24-27-60-45)28-34-20-15-14-16-21-34/h14-16,20-21,24,27,30-33,35-37,39-42,47H,13,17-19,22-23,25-26,28-29H2,1-12H3,(H,49,55)(H,50,56)/t32-,33+,35-,36-,37-,39-,40-,41-,42+/m0/s1. The molecule has 2 aromatic rings. The van der Waals surface area contributed by atoms with Gasteiger partial charge in [-0.25, -0.2) is 4.98 Å². The number of rotatable bonds is 26. The summed E-state index contributed by atoms with van der Waals surface area (Å²) in [7, 11) is 8.87. The number of carbonyl (C=O) groups is 4. The number of likely N-dealkylation sites (tertiary alicyclic amines) is 1. The number of amides is 4. The molecule has 13 nitrogen and oxygen atoms in total. The number of unbranched alkanes of at least 4 members (excludes halogenated alkanes) is 1. The van der Waals surface area contributed by atoms with E-state index in [0.717, 1.165) is 49.3 Å². The summed E-state index contributed by atoms with van der Waals surface area (Å²) in [5, 5.41) is 12.3. The molecule has 0 spiro atoms. The fourth-order valence-corrected chi connectivity index (χ4v) is 9.54. The van der Waals surface area contributed by atoms with Crippen molar-refractivity contribution in [2.75, 3.05) is 55.0 Å². The average Bonchev–Trinajstić information content (AvgIpc) is 3.95. The van der Waals surface area contributed by atoms with Gasteiger partial charge in [0.15, 0.2) is 0 Å². The highest BCUT2D eigenvalue weighted by Gasteiger charge is 2.43. The minimum atomic E-state index is -0.762. The van der Waals surface area contributed by atoms with Gasteiger partial charge in [0.2, 0.25) is 23.6 Å². The Morgan fingerprint density at radius 1 is 0.950 bits per heavy atom. The molecule has 9 atom stereocenters. The summed E-state index contributed by atoms with van der Waals surface area (Å²) in [5.74, 6) is -1.35. The normalized spacial score (nSPS) is 18.4. The summed E-state index contributed by atoms with van der Waals surface area (Å²) < 4.78 is 12.2. The number of carbonyl (C=O) groups excluding carboxylic acids is 4. The van der Waals surface area contributed by atoms with Gasteiger partial charge in [0.05, 0.1) is 48.7 Å². The Kier molecular flexibility index (Phi) is 21.6. The summed E-state index contributed by atoms with van der Waals surface area (Å²) in [6.45, 7) is 16.2. The van der Waals surface area contributed by atoms with Gasteiger partial charge in [-0.2, -0.15) is 0 Å². The van der Waals surface area contributed by atoms with E-state index in [9.17, 15) is 19.2 Å². The van der Waals surface area contributed by atoms with Gasteiger partial charge in [0, 0.05) is 39.4 Å². The molecule has 1 aliphatic rings. The number of ether oxygens (including phenoxy) is 2. The third-order valence-electron chi connectivity index (χ3n) is 12.4. The number of thiazole rings is 1. The molecule has 0 aliphatic carbocycles. The van der Waals surface area contributed by atoms with Gasteiger partial charge in [0.25, 0.3) is 0 Å². The van der Waals surface area contributed by atoms with Crippen LogP contribution < -0.4 is 16.0 Å². The van der Waals surface area contributed by atoms with Crippen LogP contribution in [0.5, 0.6) is 0 Å². The molecule has 4 amide bonds. The number of hydrogen-bond donors (Lipinski definition) is 3. The van der Waals surface area contributed by atoms with E-state index >= 15 is 0 Å². The molecular formula is C46H77N7O6S. The molecule has 3 rings (SSSR count). The number of nitrogens with one attached hydrogen (secondary N) is 3. The van der Waals surface area contributed by atoms with Crippen LogP contribution in [0.15, 0.2) is 41.9 Å². The topological polar surface area (TPSA) is 145 Å². The van der Waals surface area contributed by atoms with Crippen molar-refractivity contribution in [3.63, 3.8) is 0 Å². The highest BCUT2D eigenvalue weighted by molar-refractivity contribution is 7.09. The smallest absolute Gasteiger partial charge is 0.245 e. The van der Waals surface area contributed by atoms with E-state index in [1.165, 1.54) is 11.3 Å². The van der Waals surface area contributed by atoms with Gasteiger partial charge in [-0.1, -0.05) is 85.2 Å². The van der Waals surface area contributed by atoms with Crippen molar-refractivity contribution in [3.8, 4) is 0 Å². The van der Waals surface area contributed by atoms with Crippen LogP contribution in [0.3, 0.4) is 0 Å². The molecule has 0 saturated carbocycles. The summed E-state index contributed by atoms with van der Waals surface area (Å²) in [6, 6.07) is 7.82. The fourth-order valence-electron chi connectivity index (χ4n) is 8.85. The molecular weight excluding hydrogens is 779 g/mol. The number of nitrogens with zero attached hydrogens (tertiary/aromatic N) is 4. The molecule has 1 aliphatic heterocycles. The van der Waals surface area contributed by atoms with E-state index < -0.39 is 30.2 Å². The predicted molar refractivity (Wildman–Crippen MR) is 240 cm³/mol. The molecule has 338 valence electrons. The maximum absolute atomic E-state index is 14.5. The lowest BCUT2D eigenvalue weighted by Gasteiger charge is -2.41. The van der Waals surface area contributed by atoms with Crippen LogP contribution in [0.4, 0.5) is 0 Å². The number of aromatic nitrogens is 1. The molecule has 60 heavy (non-hydrogen) atoms. The van der Waals surface area contributed by atoms with Crippen LogP contribution in [-0.2, 0) is 35.1 Å². The lowest BCUT2D eigenvalue weighted by atomic mass is 9.89. The highest BCUT2D eigenvalue weighted by Crippen LogP contribution is 2.30. The summed E-state index contributed by atoms with van der Waals surface area (Å²) >= 11 is 1.51. The zero-order valence-electron chi connectivity index (χ0n) is 38.6. The molecule has 1 fully saturated rings. The van der Waals surface area contributed by atoms with E-state index in [1.54, 1.807) is 32.4 Å². The zero-order valence-corrected chi connectivity index (χ0v) is 39.4. The Morgan fingerprint density at radius 2 is 1.65 bits per heavy atom. The first kappa shape index (κ1) is 50.9. The zero-order chi connectivity index (χ0) is 44.5. The Hall–Kier alpha value is -3.43. The van der Waals surface area contributed by atoms with Gasteiger partial charge in [-0.3, -0.25) is 24.1 Å². The summed E-state index contributed by atoms with van der Waals surface area (Å²) in [6.07, 6.45) is 5.44. The van der Waals surface area contributed by atoms with Crippen molar-refractivity contribution < 1.29 is 28.7 Å². The lowest BCUT2D eigenvalue weighted by molar-refractivity contribution is -0.148. The molecule has 0 radical (unpaired) electrons. The largest absolute Gasteiger partial charge is 0.379 e. The average molecular weight is 856 g/mol. The third-order valence-corrected chi connectivity index (χ3v) is 13.3. The minimum Gasteiger partial charge on any atom is -0.379 e. The third kappa shape index (κ3) is 14.1. The second-order valence-corrected chi connectivity index (χ2v) is 18.3. The summed E-state index contributed by atoms with van der Waals surface area (Å²) in [4.78, 5) is 67.0. The van der Waals surface area contributed by atoms with Crippen LogP contribution in [0.2, 0.25) is 0 Å². The highest BCUT2D eigenvalue weighted by atomic mass is 32.1. The van der Waals surface area contributed by atoms with E-state index in [4.69, 9.17) is 9.47 Å². The van der Waals surface area contributed by atoms with Crippen molar-refractivity contribution in [2.24, 2.45) is 23.7 Å². The van der Waals surface area contributed by atoms with Gasteiger partial charge in [-0.15, -0.1) is 11.3 Å². The Bertz CT molecular complexity index is 1580. The maximum Gasteiger partial charge on any atom is 0.245 e. The second-order valence-electron chi connectivity index (χ2n) is 17.4. The quantitative estimate of drug-likeness (QED) is 0.104. The molecule has 1 aromatic heterocycles. The molecule has 0 unspecified atom stereocenters. The first-order valence-electron chi connectivity index (χ1n) is 22.1. The number of likely N-dealkylation sites (N-methyl/N-ethyl adjacent to an activating group) is 2. The van der Waals surface area contributed by atoms with Crippen molar-refractivity contribution in [1.82, 2.24) is 35.6 Å². The van der Waals surface area contributed by atoms with E-state index in [0.29, 0.717) is 19.4 Å². The molecule has 14 heteroatoms. The monoisotopic (exact) mass is 856 g/mol. The predicted octanol–water partition coefficient (Wildman–Crippen LogP) is 5.56. The van der Waals surface area contributed by atoms with Crippen LogP contribution in [0.1, 0.15) is 104 Å². The molecule has 2 heterocycles. The van der Waals surface area contributed by atoms with Crippen LogP contribution in [-0.4, -0.2) is 135 Å². The second kappa shape index (κ2) is 25.5. The molecule has 1 aromatic carbocycles. The molecule has 0 bridgehead atoms. The van der Waals surface area contributed by atoms with Gasteiger partial charge < -0.3 is 35.2 Å². The van der Waals surface area contributed by atoms with Gasteiger partial charge in [-0.05, 0) is 82.6 Å². The summed E-state index contributed by atoms with van der Waals surface area (Å²) in [5.41, 5.74) is 1.09. The van der Waals surface area contributed by atoms with E-state index in [-0.39, 0.29) is 65.9 Å². The van der Waals surface area contributed by atoms with Gasteiger partial charge >= 0.3 is 0 Å². The first-order chi connectivity index (χ1) is 28.6. The lowest BCUT2D eigenvalue weighted by Crippen LogP contribution is -2.60. The Morgan fingerprint density at radius 3 is 2.22 bits per heavy atom. The van der Waals surface area contributed by atoms with Crippen LogP contribution >= 0.6 is 11.3 Å². The first-order valence-corrected chi connectivity index (χ1v) is 23.0. The van der Waals surface area contributed by atoms with Crippen molar-refractivity contribution >= 4 is 35.0 Å². The van der Waals surface area contributed by atoms with Crippen molar-refractivity contribution in [2.45, 2.75) is 136 Å². The fraction of sp³-hybridized carbons (Fsp3) is 0.717. The van der Waals surface area contributed by atoms with E-state index in [1.807, 2.05) is 89.3 Å². The van der Waals surface area contributed by atoms with E-state index in [2.05, 4.69) is 39.7 Å². The number of methoxy groups -OCH3 is 2. The number of hydrogen-bond acceptors (Lipinski definition) is 10. The van der Waals surface area contributed by atoms with Gasteiger partial charge in [0.1, 0.15) is 11.0 Å². The van der Waals surface area contributed by atoms with Crippen molar-refractivity contribution in [3.05, 3.63) is 52.5 Å². The van der Waals surface area contributed by atoms with Crippen LogP contribution in [0, 0.1) is 23.7 Å². The minimum absolute atomic E-state index is 0.0150. The van der Waals surface area contributed by atoms with Crippen molar-refractivity contribution in [1.29, 1.82) is 0 Å². The van der Waals surface area contributed by atoms with Crippen LogP contribution in [0.25, 0.3) is 0 Å².